The normalized spacial score (nSPS) is 14.2. The van der Waals surface area contributed by atoms with Gasteiger partial charge in [0.15, 0.2) is 5.79 Å². The lowest BCUT2D eigenvalue weighted by molar-refractivity contribution is -0.162. The maximum atomic E-state index is 5.25. The van der Waals surface area contributed by atoms with Crippen LogP contribution in [0.1, 0.15) is 20.8 Å². The van der Waals surface area contributed by atoms with Crippen molar-refractivity contribution in [3.63, 3.8) is 0 Å². The van der Waals surface area contributed by atoms with Crippen LogP contribution in [0.3, 0.4) is 0 Å². The first kappa shape index (κ1) is 11.4. The van der Waals surface area contributed by atoms with Crippen molar-refractivity contribution in [1.29, 1.82) is 0 Å². The zero-order valence-electron chi connectivity index (χ0n) is 8.55. The summed E-state index contributed by atoms with van der Waals surface area (Å²) in [6.07, 6.45) is 5.92. The lowest BCUT2D eigenvalue weighted by atomic mass is 10.1. The van der Waals surface area contributed by atoms with Crippen molar-refractivity contribution in [2.45, 2.75) is 26.6 Å². The SMILES string of the molecule is CC=CC(=CC)C(C)(OC)OC. The Bertz CT molecular complexity index is 176. The molecule has 0 aliphatic rings. The highest BCUT2D eigenvalue weighted by atomic mass is 16.7. The second kappa shape index (κ2) is 5.12. The van der Waals surface area contributed by atoms with Gasteiger partial charge in [0.2, 0.25) is 0 Å². The van der Waals surface area contributed by atoms with E-state index in [0.717, 1.165) is 5.57 Å². The summed E-state index contributed by atoms with van der Waals surface area (Å²) in [7, 11) is 3.27. The van der Waals surface area contributed by atoms with Crippen LogP contribution in [0.5, 0.6) is 0 Å². The van der Waals surface area contributed by atoms with Crippen LogP contribution in [-0.2, 0) is 9.47 Å². The summed E-state index contributed by atoms with van der Waals surface area (Å²) in [4.78, 5) is 0. The molecule has 0 atom stereocenters. The maximum absolute atomic E-state index is 5.25. The molecule has 0 aliphatic heterocycles. The number of hydrogen-bond acceptors (Lipinski definition) is 2. The van der Waals surface area contributed by atoms with Gasteiger partial charge in [-0.15, -0.1) is 0 Å². The average Bonchev–Trinajstić information content (AvgIpc) is 2.13. The molecule has 2 nitrogen and oxygen atoms in total. The lowest BCUT2D eigenvalue weighted by Crippen LogP contribution is -2.31. The largest absolute Gasteiger partial charge is 0.349 e. The Balaban J connectivity index is 4.68. The minimum atomic E-state index is -0.624. The van der Waals surface area contributed by atoms with Gasteiger partial charge in [-0.1, -0.05) is 18.2 Å². The van der Waals surface area contributed by atoms with Crippen molar-refractivity contribution >= 4 is 0 Å². The predicted octanol–water partition coefficient (Wildman–Crippen LogP) is 2.52. The zero-order valence-corrected chi connectivity index (χ0v) is 8.55. The van der Waals surface area contributed by atoms with E-state index >= 15 is 0 Å². The Morgan fingerprint density at radius 1 is 1.17 bits per heavy atom. The monoisotopic (exact) mass is 170 g/mol. The third kappa shape index (κ3) is 2.47. The number of allylic oxidation sites excluding steroid dienone is 2. The van der Waals surface area contributed by atoms with Crippen molar-refractivity contribution in [3.05, 3.63) is 23.8 Å². The van der Waals surface area contributed by atoms with E-state index in [1.54, 1.807) is 14.2 Å². The highest BCUT2D eigenvalue weighted by molar-refractivity contribution is 5.24. The Morgan fingerprint density at radius 3 is 1.92 bits per heavy atom. The van der Waals surface area contributed by atoms with E-state index in [4.69, 9.17) is 9.47 Å². The highest BCUT2D eigenvalue weighted by Crippen LogP contribution is 2.22. The second-order valence-corrected chi connectivity index (χ2v) is 2.60. The van der Waals surface area contributed by atoms with Crippen LogP contribution in [0.4, 0.5) is 0 Å². The van der Waals surface area contributed by atoms with Gasteiger partial charge in [-0.3, -0.25) is 0 Å². The second-order valence-electron chi connectivity index (χ2n) is 2.60. The lowest BCUT2D eigenvalue weighted by Gasteiger charge is -2.27. The summed E-state index contributed by atoms with van der Waals surface area (Å²) >= 11 is 0. The molecular formula is C10H18O2. The minimum absolute atomic E-state index is 0.624. The molecule has 0 aromatic rings. The molecule has 0 saturated heterocycles. The van der Waals surface area contributed by atoms with E-state index in [2.05, 4.69) is 0 Å². The van der Waals surface area contributed by atoms with Crippen LogP contribution in [0.25, 0.3) is 0 Å². The molecule has 0 rings (SSSR count). The molecule has 0 N–H and O–H groups in total. The van der Waals surface area contributed by atoms with Gasteiger partial charge in [0.25, 0.3) is 0 Å². The molecule has 0 amide bonds. The van der Waals surface area contributed by atoms with E-state index in [1.165, 1.54) is 0 Å². The van der Waals surface area contributed by atoms with E-state index in [-0.39, 0.29) is 0 Å². The number of hydrogen-bond donors (Lipinski definition) is 0. The fourth-order valence-electron chi connectivity index (χ4n) is 1.01. The van der Waals surface area contributed by atoms with Gasteiger partial charge in [0, 0.05) is 19.8 Å². The van der Waals surface area contributed by atoms with Crippen molar-refractivity contribution in [3.8, 4) is 0 Å². The Morgan fingerprint density at radius 2 is 1.67 bits per heavy atom. The van der Waals surface area contributed by atoms with Gasteiger partial charge in [-0.25, -0.2) is 0 Å². The summed E-state index contributed by atoms with van der Waals surface area (Å²) in [5, 5.41) is 0. The molecule has 0 heterocycles. The van der Waals surface area contributed by atoms with Gasteiger partial charge in [-0.05, 0) is 20.8 Å². The van der Waals surface area contributed by atoms with Crippen molar-refractivity contribution in [2.75, 3.05) is 14.2 Å². The Labute approximate surface area is 74.9 Å². The first-order chi connectivity index (χ1) is 5.64. The number of rotatable bonds is 4. The van der Waals surface area contributed by atoms with Gasteiger partial charge < -0.3 is 9.47 Å². The molecule has 0 aliphatic carbocycles. The molecule has 2 heteroatoms. The van der Waals surface area contributed by atoms with Gasteiger partial charge in [-0.2, -0.15) is 0 Å². The van der Waals surface area contributed by atoms with Gasteiger partial charge >= 0.3 is 0 Å². The first-order valence-corrected chi connectivity index (χ1v) is 4.04. The fraction of sp³-hybridized carbons (Fsp3) is 0.600. The first-order valence-electron chi connectivity index (χ1n) is 4.04. The van der Waals surface area contributed by atoms with Gasteiger partial charge in [0.05, 0.1) is 0 Å². The Kier molecular flexibility index (Phi) is 4.86. The van der Waals surface area contributed by atoms with Crippen LogP contribution in [0.2, 0.25) is 0 Å². The standard InChI is InChI=1S/C10H18O2/c1-6-8-9(7-2)10(3,11-4)12-5/h6-8H,1-5H3. The topological polar surface area (TPSA) is 18.5 Å². The molecule has 0 unspecified atom stereocenters. The number of ether oxygens (including phenoxy) is 2. The molecule has 0 aromatic carbocycles. The summed E-state index contributed by atoms with van der Waals surface area (Å²) in [6.45, 7) is 5.82. The van der Waals surface area contributed by atoms with E-state index < -0.39 is 5.79 Å². The molecule has 0 radical (unpaired) electrons. The van der Waals surface area contributed by atoms with Crippen LogP contribution in [-0.4, -0.2) is 20.0 Å². The van der Waals surface area contributed by atoms with Gasteiger partial charge in [0.1, 0.15) is 0 Å². The zero-order chi connectivity index (χ0) is 9.61. The summed E-state index contributed by atoms with van der Waals surface area (Å²) in [5.74, 6) is -0.624. The minimum Gasteiger partial charge on any atom is -0.349 e. The molecule has 12 heavy (non-hydrogen) atoms. The fourth-order valence-corrected chi connectivity index (χ4v) is 1.01. The Hall–Kier alpha value is -0.600. The van der Waals surface area contributed by atoms with Crippen LogP contribution in [0, 0.1) is 0 Å². The number of methoxy groups -OCH3 is 2. The summed E-state index contributed by atoms with van der Waals surface area (Å²) in [5.41, 5.74) is 1.02. The van der Waals surface area contributed by atoms with Crippen LogP contribution < -0.4 is 0 Å². The predicted molar refractivity (Wildman–Crippen MR) is 51.0 cm³/mol. The molecule has 0 saturated carbocycles. The highest BCUT2D eigenvalue weighted by Gasteiger charge is 2.25. The average molecular weight is 170 g/mol. The van der Waals surface area contributed by atoms with Crippen molar-refractivity contribution in [2.24, 2.45) is 0 Å². The third-order valence-corrected chi connectivity index (χ3v) is 1.96. The molecule has 0 spiro atoms. The van der Waals surface area contributed by atoms with Crippen molar-refractivity contribution in [1.82, 2.24) is 0 Å². The summed E-state index contributed by atoms with van der Waals surface area (Å²) < 4.78 is 10.5. The van der Waals surface area contributed by atoms with Crippen LogP contribution in [0.15, 0.2) is 23.8 Å². The van der Waals surface area contributed by atoms with E-state index in [0.29, 0.717) is 0 Å². The van der Waals surface area contributed by atoms with Crippen molar-refractivity contribution < 1.29 is 9.47 Å². The summed E-state index contributed by atoms with van der Waals surface area (Å²) in [6, 6.07) is 0. The smallest absolute Gasteiger partial charge is 0.190 e. The van der Waals surface area contributed by atoms with E-state index in [9.17, 15) is 0 Å². The molecular weight excluding hydrogens is 152 g/mol. The van der Waals surface area contributed by atoms with E-state index in [1.807, 2.05) is 39.0 Å². The molecule has 0 fully saturated rings. The molecule has 0 bridgehead atoms. The molecule has 70 valence electrons. The van der Waals surface area contributed by atoms with Crippen LogP contribution >= 0.6 is 0 Å². The maximum Gasteiger partial charge on any atom is 0.190 e. The quantitative estimate of drug-likeness (QED) is 0.477. The third-order valence-electron chi connectivity index (χ3n) is 1.96. The molecule has 0 aromatic heterocycles.